The molecule has 1 aliphatic carbocycles. The van der Waals surface area contributed by atoms with Crippen molar-refractivity contribution in [3.05, 3.63) is 59.7 Å². The summed E-state index contributed by atoms with van der Waals surface area (Å²) in [5.74, 6) is -1.08. The lowest BCUT2D eigenvalue weighted by Gasteiger charge is -2.36. The molecule has 2 aromatic rings. The summed E-state index contributed by atoms with van der Waals surface area (Å²) in [5.41, 5.74) is 3.24. The Morgan fingerprint density at radius 1 is 1.11 bits per heavy atom. The Bertz CT molecular complexity index is 986. The average molecular weight is 510 g/mol. The van der Waals surface area contributed by atoms with Gasteiger partial charge in [-0.3, -0.25) is 9.69 Å². The van der Waals surface area contributed by atoms with E-state index in [4.69, 9.17) is 17.3 Å². The molecule has 190 valence electrons. The average Bonchev–Trinajstić information content (AvgIpc) is 2.80. The molecule has 10 heteroatoms. The van der Waals surface area contributed by atoms with Crippen LogP contribution in [0.25, 0.3) is 0 Å². The van der Waals surface area contributed by atoms with Gasteiger partial charge in [0.15, 0.2) is 5.11 Å². The number of carboxylic acid groups (broad SMARTS) is 1. The van der Waals surface area contributed by atoms with Crippen LogP contribution < -0.4 is 15.4 Å². The van der Waals surface area contributed by atoms with E-state index >= 15 is 0 Å². The van der Waals surface area contributed by atoms with Gasteiger partial charge in [0, 0.05) is 31.2 Å². The number of fused-ring (bicyclic) bond motifs is 1. The van der Waals surface area contributed by atoms with Crippen LogP contribution in [0.4, 0.5) is 18.9 Å². The normalized spacial score (nSPS) is 15.4. The number of thiocarbonyl (C=S) groups is 1. The summed E-state index contributed by atoms with van der Waals surface area (Å²) < 4.78 is 40.7. The quantitative estimate of drug-likeness (QED) is 0.273. The molecule has 3 N–H and O–H groups in total. The lowest BCUT2D eigenvalue weighted by atomic mass is 9.86. The molecule has 0 saturated carbocycles. The number of ether oxygens (including phenoxy) is 1. The monoisotopic (exact) mass is 509 g/mol. The van der Waals surface area contributed by atoms with Gasteiger partial charge < -0.3 is 20.5 Å². The highest BCUT2D eigenvalue weighted by Crippen LogP contribution is 2.34. The number of nitrogens with zero attached hydrogens (tertiary/aromatic N) is 1. The van der Waals surface area contributed by atoms with Crippen LogP contribution in [-0.4, -0.2) is 47.1 Å². The number of hydrogen-bond donors (Lipinski definition) is 3. The van der Waals surface area contributed by atoms with E-state index in [9.17, 15) is 18.0 Å². The Kier molecular flexibility index (Phi) is 9.73. The van der Waals surface area contributed by atoms with E-state index in [2.05, 4.69) is 44.5 Å². The van der Waals surface area contributed by atoms with Crippen molar-refractivity contribution in [1.82, 2.24) is 10.2 Å². The summed E-state index contributed by atoms with van der Waals surface area (Å²) >= 11 is 5.30. The van der Waals surface area contributed by atoms with Crippen LogP contribution in [0.3, 0.4) is 0 Å². The summed E-state index contributed by atoms with van der Waals surface area (Å²) in [7, 11) is 0. The number of aryl methyl sites for hydroxylation is 1. The molecule has 3 rings (SSSR count). The van der Waals surface area contributed by atoms with Gasteiger partial charge in [-0.1, -0.05) is 24.3 Å². The van der Waals surface area contributed by atoms with Gasteiger partial charge in [0.25, 0.3) is 0 Å². The molecule has 6 nitrogen and oxygen atoms in total. The third-order valence-corrected chi connectivity index (χ3v) is 6.11. The SMILES string of the molecule is O=C(O)CCCN(CCCNC(=S)Nc1ccc(OC(F)(F)F)cc1)C1CCCc2ccccc21. The second-order valence-corrected chi connectivity index (χ2v) is 8.85. The first-order valence-electron chi connectivity index (χ1n) is 11.7. The second kappa shape index (κ2) is 12.7. The third-order valence-electron chi connectivity index (χ3n) is 5.87. The van der Waals surface area contributed by atoms with E-state index in [0.29, 0.717) is 30.3 Å². The highest BCUT2D eigenvalue weighted by atomic mass is 32.1. The molecule has 0 fully saturated rings. The molecule has 0 spiro atoms. The van der Waals surface area contributed by atoms with Crippen LogP contribution in [0.5, 0.6) is 5.75 Å². The van der Waals surface area contributed by atoms with E-state index in [1.54, 1.807) is 0 Å². The smallest absolute Gasteiger partial charge is 0.481 e. The van der Waals surface area contributed by atoms with Gasteiger partial charge in [-0.05, 0) is 86.3 Å². The number of carboxylic acids is 1. The number of benzene rings is 2. The van der Waals surface area contributed by atoms with Crippen molar-refractivity contribution in [2.45, 2.75) is 50.9 Å². The van der Waals surface area contributed by atoms with Crippen LogP contribution in [0.1, 0.15) is 49.3 Å². The second-order valence-electron chi connectivity index (χ2n) is 8.45. The number of aliphatic carboxylic acids is 1. The van der Waals surface area contributed by atoms with E-state index in [-0.39, 0.29) is 18.2 Å². The summed E-state index contributed by atoms with van der Waals surface area (Å²) in [6.07, 6.45) is 0.0282. The van der Waals surface area contributed by atoms with E-state index in [0.717, 1.165) is 32.2 Å². The molecular weight excluding hydrogens is 479 g/mol. The molecule has 35 heavy (non-hydrogen) atoms. The van der Waals surface area contributed by atoms with Crippen molar-refractivity contribution in [2.24, 2.45) is 0 Å². The number of anilines is 1. The Hall–Kier alpha value is -2.85. The fraction of sp³-hybridized carbons (Fsp3) is 0.440. The standard InChI is InChI=1S/C25H30F3N3O3S/c26-25(27,28)34-20-13-11-19(12-14-20)30-24(35)29-15-5-17-31(16-4-10-23(32)33)22-9-3-7-18-6-1-2-8-21(18)22/h1-2,6,8,11-14,22H,3-5,7,9-10,15-17H2,(H,32,33)(H2,29,30,35). The third kappa shape index (κ3) is 9.03. The molecule has 2 aromatic carbocycles. The number of rotatable bonds is 11. The van der Waals surface area contributed by atoms with Crippen LogP contribution >= 0.6 is 12.2 Å². The maximum Gasteiger partial charge on any atom is 0.573 e. The van der Waals surface area contributed by atoms with Crippen LogP contribution in [0.2, 0.25) is 0 Å². The van der Waals surface area contributed by atoms with Gasteiger partial charge in [0.2, 0.25) is 0 Å². The zero-order valence-corrected chi connectivity index (χ0v) is 20.1. The molecule has 1 unspecified atom stereocenters. The summed E-state index contributed by atoms with van der Waals surface area (Å²) in [5, 5.41) is 15.5. The summed E-state index contributed by atoms with van der Waals surface area (Å²) in [6, 6.07) is 14.1. The minimum Gasteiger partial charge on any atom is -0.481 e. The molecular formula is C25H30F3N3O3S. The Balaban J connectivity index is 1.49. The Morgan fingerprint density at radius 3 is 2.54 bits per heavy atom. The number of halogens is 3. The lowest BCUT2D eigenvalue weighted by Crippen LogP contribution is -2.36. The Morgan fingerprint density at radius 2 is 1.83 bits per heavy atom. The van der Waals surface area contributed by atoms with Crippen LogP contribution in [0.15, 0.2) is 48.5 Å². The van der Waals surface area contributed by atoms with Crippen molar-refractivity contribution in [1.29, 1.82) is 0 Å². The number of nitrogens with one attached hydrogen (secondary N) is 2. The predicted octanol–water partition coefficient (Wildman–Crippen LogP) is 5.51. The first kappa shape index (κ1) is 26.7. The van der Waals surface area contributed by atoms with E-state index in [1.165, 1.54) is 35.4 Å². The molecule has 0 aromatic heterocycles. The minimum absolute atomic E-state index is 0.143. The fourth-order valence-electron chi connectivity index (χ4n) is 4.36. The highest BCUT2D eigenvalue weighted by Gasteiger charge is 2.31. The van der Waals surface area contributed by atoms with Gasteiger partial charge in [-0.25, -0.2) is 0 Å². The topological polar surface area (TPSA) is 73.8 Å². The molecule has 0 saturated heterocycles. The number of hydrogen-bond acceptors (Lipinski definition) is 4. The summed E-state index contributed by atoms with van der Waals surface area (Å²) in [6.45, 7) is 2.10. The fourth-order valence-corrected chi connectivity index (χ4v) is 4.58. The molecule has 0 amide bonds. The van der Waals surface area contributed by atoms with Gasteiger partial charge in [-0.15, -0.1) is 13.2 Å². The Labute approximate surface area is 208 Å². The first-order chi connectivity index (χ1) is 16.7. The maximum absolute atomic E-state index is 12.3. The molecule has 0 bridgehead atoms. The van der Waals surface area contributed by atoms with Crippen molar-refractivity contribution < 1.29 is 27.8 Å². The lowest BCUT2D eigenvalue weighted by molar-refractivity contribution is -0.274. The van der Waals surface area contributed by atoms with Crippen LogP contribution in [0, 0.1) is 0 Å². The van der Waals surface area contributed by atoms with E-state index in [1.807, 2.05) is 0 Å². The molecule has 1 atom stereocenters. The van der Waals surface area contributed by atoms with Crippen LogP contribution in [-0.2, 0) is 11.2 Å². The summed E-state index contributed by atoms with van der Waals surface area (Å²) in [4.78, 5) is 13.4. The van der Waals surface area contributed by atoms with Crippen molar-refractivity contribution in [2.75, 3.05) is 25.0 Å². The van der Waals surface area contributed by atoms with Gasteiger partial charge in [0.05, 0.1) is 0 Å². The predicted molar refractivity (Wildman–Crippen MR) is 133 cm³/mol. The van der Waals surface area contributed by atoms with Crippen molar-refractivity contribution in [3.8, 4) is 5.75 Å². The number of alkyl halides is 3. The first-order valence-corrected chi connectivity index (χ1v) is 12.1. The van der Waals surface area contributed by atoms with Crippen molar-refractivity contribution >= 4 is 29.0 Å². The zero-order valence-electron chi connectivity index (χ0n) is 19.3. The largest absolute Gasteiger partial charge is 0.573 e. The minimum atomic E-state index is -4.73. The van der Waals surface area contributed by atoms with Gasteiger partial charge >= 0.3 is 12.3 Å². The van der Waals surface area contributed by atoms with Gasteiger partial charge in [0.1, 0.15) is 5.75 Å². The molecule has 0 radical (unpaired) electrons. The van der Waals surface area contributed by atoms with Crippen molar-refractivity contribution in [3.63, 3.8) is 0 Å². The molecule has 0 heterocycles. The number of carbonyl (C=O) groups is 1. The van der Waals surface area contributed by atoms with E-state index < -0.39 is 12.3 Å². The maximum atomic E-state index is 12.3. The molecule has 1 aliphatic rings. The molecule has 0 aliphatic heterocycles. The van der Waals surface area contributed by atoms with Gasteiger partial charge in [-0.2, -0.15) is 0 Å². The zero-order chi connectivity index (χ0) is 25.3. The highest BCUT2D eigenvalue weighted by molar-refractivity contribution is 7.80.